The molecule has 2 heterocycles. The van der Waals surface area contributed by atoms with Gasteiger partial charge in [-0.15, -0.1) is 0 Å². The zero-order valence-electron chi connectivity index (χ0n) is 10.2. The predicted molar refractivity (Wildman–Crippen MR) is 76.6 cm³/mol. The van der Waals surface area contributed by atoms with Crippen LogP contribution in [0.5, 0.6) is 0 Å². The first-order chi connectivity index (χ1) is 9.16. The number of aromatic nitrogens is 1. The average Bonchev–Trinajstić information content (AvgIpc) is 2.92. The van der Waals surface area contributed by atoms with Crippen molar-refractivity contribution in [3.05, 3.63) is 40.0 Å². The summed E-state index contributed by atoms with van der Waals surface area (Å²) < 4.78 is 0.834. The van der Waals surface area contributed by atoms with Gasteiger partial charge >= 0.3 is 5.97 Å². The summed E-state index contributed by atoms with van der Waals surface area (Å²) in [6.07, 6.45) is 1.00. The predicted octanol–water partition coefficient (Wildman–Crippen LogP) is 2.77. The minimum Gasteiger partial charge on any atom is -0.478 e. The van der Waals surface area contributed by atoms with Crippen LogP contribution >= 0.6 is 15.9 Å². The fourth-order valence-corrected chi connectivity index (χ4v) is 2.98. The molecule has 1 unspecified atom stereocenters. The number of carboxylic acid groups (broad SMARTS) is 1. The van der Waals surface area contributed by atoms with E-state index in [1.54, 1.807) is 12.1 Å². The molecule has 0 spiro atoms. The zero-order valence-corrected chi connectivity index (χ0v) is 11.8. The second-order valence-corrected chi connectivity index (χ2v) is 5.58. The van der Waals surface area contributed by atoms with Crippen LogP contribution in [-0.4, -0.2) is 29.1 Å². The lowest BCUT2D eigenvalue weighted by Gasteiger charge is -2.12. The largest absolute Gasteiger partial charge is 0.478 e. The van der Waals surface area contributed by atoms with Gasteiger partial charge in [-0.1, -0.05) is 12.1 Å². The second kappa shape index (κ2) is 4.90. The molecule has 0 bridgehead atoms. The lowest BCUT2D eigenvalue weighted by Crippen LogP contribution is -2.10. The van der Waals surface area contributed by atoms with E-state index in [-0.39, 0.29) is 0 Å². The van der Waals surface area contributed by atoms with E-state index in [0.29, 0.717) is 16.9 Å². The van der Waals surface area contributed by atoms with Gasteiger partial charge in [0.2, 0.25) is 0 Å². The number of hydrogen-bond donors (Lipinski definition) is 2. The van der Waals surface area contributed by atoms with Crippen LogP contribution < -0.4 is 5.32 Å². The molecule has 3 rings (SSSR count). The van der Waals surface area contributed by atoms with Gasteiger partial charge in [0.05, 0.1) is 11.1 Å². The molecule has 19 heavy (non-hydrogen) atoms. The van der Waals surface area contributed by atoms with Gasteiger partial charge < -0.3 is 10.4 Å². The summed E-state index contributed by atoms with van der Waals surface area (Å²) >= 11 is 3.45. The van der Waals surface area contributed by atoms with E-state index < -0.39 is 5.97 Å². The molecule has 1 aliphatic heterocycles. The third-order valence-electron chi connectivity index (χ3n) is 3.52. The van der Waals surface area contributed by atoms with Gasteiger partial charge in [-0.05, 0) is 41.0 Å². The first-order valence-corrected chi connectivity index (χ1v) is 6.99. The molecule has 2 N–H and O–H groups in total. The Labute approximate surface area is 119 Å². The monoisotopic (exact) mass is 320 g/mol. The quantitative estimate of drug-likeness (QED) is 0.893. The first kappa shape index (κ1) is 12.6. The third-order valence-corrected chi connectivity index (χ3v) is 4.16. The lowest BCUT2D eigenvalue weighted by molar-refractivity contribution is 0.0699. The van der Waals surface area contributed by atoms with Crippen LogP contribution in [0, 0.1) is 0 Å². The highest BCUT2D eigenvalue weighted by Gasteiger charge is 2.21. The lowest BCUT2D eigenvalue weighted by atomic mass is 9.99. The maximum atomic E-state index is 11.4. The number of carbonyl (C=O) groups is 1. The third kappa shape index (κ3) is 2.24. The number of hydrogen-bond acceptors (Lipinski definition) is 3. The Hall–Kier alpha value is -1.46. The van der Waals surface area contributed by atoms with Gasteiger partial charge in [0.25, 0.3) is 0 Å². The highest BCUT2D eigenvalue weighted by Crippen LogP contribution is 2.29. The maximum absolute atomic E-state index is 11.4. The number of nitrogens with one attached hydrogen (secondary N) is 1. The van der Waals surface area contributed by atoms with E-state index in [9.17, 15) is 9.90 Å². The Kier molecular flexibility index (Phi) is 3.24. The van der Waals surface area contributed by atoms with Crippen LogP contribution in [0.2, 0.25) is 0 Å². The number of carboxylic acids is 1. The molecule has 2 aromatic rings. The van der Waals surface area contributed by atoms with Gasteiger partial charge in [-0.2, -0.15) is 0 Å². The molecular weight excluding hydrogens is 308 g/mol. The fourth-order valence-electron chi connectivity index (χ4n) is 2.53. The Balaban J connectivity index is 2.25. The number of aromatic carboxylic acids is 1. The number of pyridine rings is 1. The summed E-state index contributed by atoms with van der Waals surface area (Å²) in [5.41, 5.74) is 1.92. The van der Waals surface area contributed by atoms with E-state index >= 15 is 0 Å². The summed E-state index contributed by atoms with van der Waals surface area (Å²) in [6, 6.07) is 7.23. The number of para-hydroxylation sites is 1. The Morgan fingerprint density at radius 1 is 1.47 bits per heavy atom. The van der Waals surface area contributed by atoms with Gasteiger partial charge in [0.1, 0.15) is 0 Å². The van der Waals surface area contributed by atoms with Crippen molar-refractivity contribution in [3.8, 4) is 0 Å². The summed E-state index contributed by atoms with van der Waals surface area (Å²) in [4.78, 5) is 16.1. The molecule has 4 nitrogen and oxygen atoms in total. The highest BCUT2D eigenvalue weighted by molar-refractivity contribution is 9.10. The van der Waals surface area contributed by atoms with Gasteiger partial charge in [-0.3, -0.25) is 4.98 Å². The van der Waals surface area contributed by atoms with Gasteiger partial charge in [0.15, 0.2) is 0 Å². The molecule has 1 fully saturated rings. The minimum atomic E-state index is -0.905. The molecule has 1 saturated heterocycles. The number of fused-ring (bicyclic) bond motifs is 1. The van der Waals surface area contributed by atoms with Crippen molar-refractivity contribution in [2.24, 2.45) is 0 Å². The van der Waals surface area contributed by atoms with Crippen LogP contribution in [0.15, 0.2) is 28.7 Å². The van der Waals surface area contributed by atoms with E-state index in [1.807, 2.05) is 12.1 Å². The Morgan fingerprint density at radius 2 is 2.32 bits per heavy atom. The zero-order chi connectivity index (χ0) is 13.4. The van der Waals surface area contributed by atoms with Gasteiger partial charge in [-0.25, -0.2) is 4.79 Å². The van der Waals surface area contributed by atoms with Crippen LogP contribution in [0.25, 0.3) is 10.9 Å². The maximum Gasteiger partial charge on any atom is 0.336 e. The summed E-state index contributed by atoms with van der Waals surface area (Å²) in [6.45, 7) is 1.82. The summed E-state index contributed by atoms with van der Waals surface area (Å²) in [7, 11) is 0. The van der Waals surface area contributed by atoms with Crippen LogP contribution in [0.3, 0.4) is 0 Å². The smallest absolute Gasteiger partial charge is 0.336 e. The molecule has 1 aromatic heterocycles. The van der Waals surface area contributed by atoms with Crippen molar-refractivity contribution in [3.63, 3.8) is 0 Å². The van der Waals surface area contributed by atoms with E-state index in [1.165, 1.54) is 0 Å². The van der Waals surface area contributed by atoms with Crippen molar-refractivity contribution in [1.82, 2.24) is 10.3 Å². The molecule has 0 radical (unpaired) electrons. The molecule has 1 aliphatic rings. The normalized spacial score (nSPS) is 18.9. The van der Waals surface area contributed by atoms with Crippen molar-refractivity contribution >= 4 is 32.8 Å². The molecule has 1 aromatic carbocycles. The summed E-state index contributed by atoms with van der Waals surface area (Å²) in [5.74, 6) is -0.604. The van der Waals surface area contributed by atoms with Gasteiger partial charge in [0, 0.05) is 28.0 Å². The Bertz CT molecular complexity index is 651. The molecule has 5 heteroatoms. The van der Waals surface area contributed by atoms with E-state index in [0.717, 1.165) is 35.2 Å². The topological polar surface area (TPSA) is 62.2 Å². The molecular formula is C14H13BrN2O2. The molecule has 0 amide bonds. The minimum absolute atomic E-state index is 0.301. The highest BCUT2D eigenvalue weighted by atomic mass is 79.9. The Morgan fingerprint density at radius 3 is 3.00 bits per heavy atom. The number of benzene rings is 1. The molecule has 0 saturated carbocycles. The van der Waals surface area contributed by atoms with Crippen molar-refractivity contribution < 1.29 is 9.90 Å². The van der Waals surface area contributed by atoms with E-state index in [4.69, 9.17) is 0 Å². The molecule has 0 aliphatic carbocycles. The van der Waals surface area contributed by atoms with Crippen LogP contribution in [0.1, 0.15) is 28.4 Å². The summed E-state index contributed by atoms with van der Waals surface area (Å²) in [5, 5.41) is 13.3. The van der Waals surface area contributed by atoms with Crippen molar-refractivity contribution in [1.29, 1.82) is 0 Å². The number of rotatable bonds is 2. The SMILES string of the molecule is O=C(O)c1cc(C2CCNC2)nc2c(Br)cccc12. The number of nitrogens with zero attached hydrogens (tertiary/aromatic N) is 1. The van der Waals surface area contributed by atoms with Crippen molar-refractivity contribution in [2.75, 3.05) is 13.1 Å². The average molecular weight is 321 g/mol. The van der Waals surface area contributed by atoms with Crippen LogP contribution in [0.4, 0.5) is 0 Å². The molecule has 98 valence electrons. The van der Waals surface area contributed by atoms with Crippen LogP contribution in [-0.2, 0) is 0 Å². The second-order valence-electron chi connectivity index (χ2n) is 4.73. The number of halogens is 1. The standard InChI is InChI=1S/C14H13BrN2O2/c15-11-3-1-2-9-10(14(18)19)6-12(17-13(9)11)8-4-5-16-7-8/h1-3,6,8,16H,4-5,7H2,(H,18,19). The fraction of sp³-hybridized carbons (Fsp3) is 0.286. The molecule has 1 atom stereocenters. The van der Waals surface area contributed by atoms with Crippen molar-refractivity contribution in [2.45, 2.75) is 12.3 Å². The van der Waals surface area contributed by atoms with E-state index in [2.05, 4.69) is 26.2 Å². The first-order valence-electron chi connectivity index (χ1n) is 6.20.